The SMILES string of the molecule is N#Cc1ccc(N/N=C/c2nc(-c3cccc(C(=O)NCc4ccccc4)c3)cnc2N)cc1. The van der Waals surface area contributed by atoms with E-state index >= 15 is 0 Å². The van der Waals surface area contributed by atoms with Gasteiger partial charge in [0.05, 0.1) is 35.4 Å². The van der Waals surface area contributed by atoms with Crippen molar-refractivity contribution >= 4 is 23.6 Å². The van der Waals surface area contributed by atoms with Gasteiger partial charge in [-0.1, -0.05) is 42.5 Å². The molecule has 4 aromatic rings. The van der Waals surface area contributed by atoms with Crippen molar-refractivity contribution in [2.24, 2.45) is 5.10 Å². The first-order valence-corrected chi connectivity index (χ1v) is 10.5. The predicted molar refractivity (Wildman–Crippen MR) is 132 cm³/mol. The number of carbonyl (C=O) groups is 1. The van der Waals surface area contributed by atoms with E-state index in [1.165, 1.54) is 6.21 Å². The van der Waals surface area contributed by atoms with Gasteiger partial charge in [0.25, 0.3) is 5.91 Å². The van der Waals surface area contributed by atoms with Crippen LogP contribution in [0.5, 0.6) is 0 Å². The number of aromatic nitrogens is 2. The van der Waals surface area contributed by atoms with Gasteiger partial charge in [-0.15, -0.1) is 0 Å². The van der Waals surface area contributed by atoms with E-state index in [1.54, 1.807) is 48.7 Å². The second-order valence-electron chi connectivity index (χ2n) is 7.33. The lowest BCUT2D eigenvalue weighted by atomic mass is 10.1. The van der Waals surface area contributed by atoms with Gasteiger partial charge in [-0.25, -0.2) is 9.97 Å². The molecule has 0 aliphatic carbocycles. The summed E-state index contributed by atoms with van der Waals surface area (Å²) >= 11 is 0. The Morgan fingerprint density at radius 1 is 1.06 bits per heavy atom. The van der Waals surface area contributed by atoms with E-state index < -0.39 is 0 Å². The number of nitrogens with zero attached hydrogens (tertiary/aromatic N) is 4. The van der Waals surface area contributed by atoms with Gasteiger partial charge >= 0.3 is 0 Å². The number of amides is 1. The van der Waals surface area contributed by atoms with Crippen LogP contribution in [-0.4, -0.2) is 22.1 Å². The molecule has 0 unspecified atom stereocenters. The highest BCUT2D eigenvalue weighted by atomic mass is 16.1. The minimum atomic E-state index is -0.178. The molecule has 0 fully saturated rings. The van der Waals surface area contributed by atoms with Crippen LogP contribution >= 0.6 is 0 Å². The van der Waals surface area contributed by atoms with Gasteiger partial charge in [-0.3, -0.25) is 10.2 Å². The fourth-order valence-electron chi connectivity index (χ4n) is 3.13. The van der Waals surface area contributed by atoms with Gasteiger partial charge < -0.3 is 11.1 Å². The van der Waals surface area contributed by atoms with E-state index in [9.17, 15) is 4.79 Å². The van der Waals surface area contributed by atoms with Crippen LogP contribution in [0.15, 0.2) is 90.2 Å². The first-order valence-electron chi connectivity index (χ1n) is 10.5. The quantitative estimate of drug-likeness (QED) is 0.290. The highest BCUT2D eigenvalue weighted by molar-refractivity contribution is 5.95. The number of nitrogens with one attached hydrogen (secondary N) is 2. The van der Waals surface area contributed by atoms with Crippen molar-refractivity contribution in [3.63, 3.8) is 0 Å². The predicted octanol–water partition coefficient (Wildman–Crippen LogP) is 3.97. The molecular weight excluding hydrogens is 426 g/mol. The topological polar surface area (TPSA) is 129 Å². The monoisotopic (exact) mass is 447 g/mol. The molecule has 1 aromatic heterocycles. The molecule has 0 saturated heterocycles. The molecule has 1 amide bonds. The molecule has 0 saturated carbocycles. The Labute approximate surface area is 196 Å². The molecule has 3 aromatic carbocycles. The van der Waals surface area contributed by atoms with E-state index in [2.05, 4.69) is 31.9 Å². The second-order valence-corrected chi connectivity index (χ2v) is 7.33. The minimum absolute atomic E-state index is 0.178. The number of hydrazone groups is 1. The molecule has 4 rings (SSSR count). The van der Waals surface area contributed by atoms with Crippen LogP contribution in [0, 0.1) is 11.3 Å². The van der Waals surface area contributed by atoms with Gasteiger partial charge in [0, 0.05) is 17.7 Å². The Bertz CT molecular complexity index is 1360. The Morgan fingerprint density at radius 3 is 2.62 bits per heavy atom. The van der Waals surface area contributed by atoms with Crippen LogP contribution in [0.2, 0.25) is 0 Å². The third kappa shape index (κ3) is 5.60. The summed E-state index contributed by atoms with van der Waals surface area (Å²) in [5, 5.41) is 16.0. The Kier molecular flexibility index (Phi) is 6.86. The van der Waals surface area contributed by atoms with Gasteiger partial charge in [0.2, 0.25) is 0 Å². The minimum Gasteiger partial charge on any atom is -0.382 e. The smallest absolute Gasteiger partial charge is 0.251 e. The number of anilines is 2. The van der Waals surface area contributed by atoms with Crippen LogP contribution in [0.1, 0.15) is 27.2 Å². The lowest BCUT2D eigenvalue weighted by Crippen LogP contribution is -2.22. The molecule has 8 heteroatoms. The molecule has 0 bridgehead atoms. The van der Waals surface area contributed by atoms with Crippen molar-refractivity contribution < 1.29 is 4.79 Å². The number of nitrogens with two attached hydrogens (primary N) is 1. The number of nitriles is 1. The summed E-state index contributed by atoms with van der Waals surface area (Å²) in [6, 6.07) is 25.8. The first-order chi connectivity index (χ1) is 16.6. The lowest BCUT2D eigenvalue weighted by molar-refractivity contribution is 0.0951. The summed E-state index contributed by atoms with van der Waals surface area (Å²) in [6.07, 6.45) is 3.03. The van der Waals surface area contributed by atoms with Crippen molar-refractivity contribution in [3.8, 4) is 17.3 Å². The summed E-state index contributed by atoms with van der Waals surface area (Å²) in [6.45, 7) is 0.443. The maximum absolute atomic E-state index is 12.6. The molecule has 0 aliphatic heterocycles. The highest BCUT2D eigenvalue weighted by Gasteiger charge is 2.10. The van der Waals surface area contributed by atoms with Gasteiger partial charge in [0.1, 0.15) is 5.69 Å². The maximum Gasteiger partial charge on any atom is 0.251 e. The zero-order chi connectivity index (χ0) is 23.8. The Balaban J connectivity index is 1.47. The van der Waals surface area contributed by atoms with E-state index in [0.29, 0.717) is 34.7 Å². The molecule has 8 nitrogen and oxygen atoms in total. The molecule has 0 atom stereocenters. The zero-order valence-electron chi connectivity index (χ0n) is 18.1. The summed E-state index contributed by atoms with van der Waals surface area (Å²) < 4.78 is 0. The molecule has 0 radical (unpaired) electrons. The number of nitrogen functional groups attached to an aromatic ring is 1. The molecule has 34 heavy (non-hydrogen) atoms. The number of benzene rings is 3. The van der Waals surface area contributed by atoms with Crippen molar-refractivity contribution in [1.82, 2.24) is 15.3 Å². The average molecular weight is 448 g/mol. The van der Waals surface area contributed by atoms with Crippen molar-refractivity contribution in [2.75, 3.05) is 11.2 Å². The summed E-state index contributed by atoms with van der Waals surface area (Å²) in [4.78, 5) is 21.4. The molecule has 0 aliphatic rings. The van der Waals surface area contributed by atoms with Crippen LogP contribution in [0.25, 0.3) is 11.3 Å². The molecule has 4 N–H and O–H groups in total. The fourth-order valence-corrected chi connectivity index (χ4v) is 3.13. The standard InChI is InChI=1S/C26H21N7O/c27-14-18-9-11-22(12-10-18)33-31-17-24-25(28)29-16-23(32-24)20-7-4-8-21(13-20)26(34)30-15-19-5-2-1-3-6-19/h1-13,16-17,33H,15H2,(H2,28,29)(H,30,34)/b31-17+. The highest BCUT2D eigenvalue weighted by Crippen LogP contribution is 2.19. The second kappa shape index (κ2) is 10.5. The Morgan fingerprint density at radius 2 is 1.85 bits per heavy atom. The lowest BCUT2D eigenvalue weighted by Gasteiger charge is -2.08. The summed E-state index contributed by atoms with van der Waals surface area (Å²) in [7, 11) is 0. The Hall–Kier alpha value is -5.03. The van der Waals surface area contributed by atoms with E-state index in [-0.39, 0.29) is 11.7 Å². The van der Waals surface area contributed by atoms with Crippen LogP contribution in [0.4, 0.5) is 11.5 Å². The van der Waals surface area contributed by atoms with Crippen molar-refractivity contribution in [2.45, 2.75) is 6.54 Å². The maximum atomic E-state index is 12.6. The number of hydrogen-bond donors (Lipinski definition) is 3. The summed E-state index contributed by atoms with van der Waals surface area (Å²) in [5.41, 5.74) is 13.3. The molecular formula is C26H21N7O. The van der Waals surface area contributed by atoms with E-state index in [1.807, 2.05) is 36.4 Å². The van der Waals surface area contributed by atoms with Gasteiger partial charge in [-0.05, 0) is 42.0 Å². The first kappa shape index (κ1) is 22.2. The van der Waals surface area contributed by atoms with Crippen LogP contribution < -0.4 is 16.5 Å². The van der Waals surface area contributed by atoms with E-state index in [4.69, 9.17) is 11.0 Å². The average Bonchev–Trinajstić information content (AvgIpc) is 2.89. The van der Waals surface area contributed by atoms with Crippen LogP contribution in [0.3, 0.4) is 0 Å². The number of rotatable bonds is 7. The molecule has 166 valence electrons. The normalized spacial score (nSPS) is 10.6. The van der Waals surface area contributed by atoms with Crippen LogP contribution in [-0.2, 0) is 6.54 Å². The van der Waals surface area contributed by atoms with Crippen molar-refractivity contribution in [3.05, 3.63) is 107 Å². The van der Waals surface area contributed by atoms with E-state index in [0.717, 1.165) is 11.1 Å². The summed E-state index contributed by atoms with van der Waals surface area (Å²) in [5.74, 6) is 0.0494. The zero-order valence-corrected chi connectivity index (χ0v) is 18.1. The van der Waals surface area contributed by atoms with Crippen molar-refractivity contribution in [1.29, 1.82) is 5.26 Å². The number of hydrogen-bond acceptors (Lipinski definition) is 7. The number of carbonyl (C=O) groups excluding carboxylic acids is 1. The molecule has 1 heterocycles. The largest absolute Gasteiger partial charge is 0.382 e. The third-order valence-electron chi connectivity index (χ3n) is 4.94. The molecule has 0 spiro atoms. The van der Waals surface area contributed by atoms with Gasteiger partial charge in [0.15, 0.2) is 5.82 Å². The third-order valence-corrected chi connectivity index (χ3v) is 4.94. The fraction of sp³-hybridized carbons (Fsp3) is 0.0385. The van der Waals surface area contributed by atoms with Gasteiger partial charge in [-0.2, -0.15) is 10.4 Å².